The van der Waals surface area contributed by atoms with Gasteiger partial charge in [0.1, 0.15) is 11.3 Å². The van der Waals surface area contributed by atoms with Crippen LogP contribution in [0.4, 0.5) is 0 Å². The molecule has 116 valence electrons. The largest absolute Gasteiger partial charge is 0.493 e. The molecule has 5 heteroatoms. The van der Waals surface area contributed by atoms with Crippen molar-refractivity contribution in [2.75, 3.05) is 27.7 Å². The predicted octanol–water partition coefficient (Wildman–Crippen LogP) is 2.24. The summed E-state index contributed by atoms with van der Waals surface area (Å²) in [4.78, 5) is 2.10. The van der Waals surface area contributed by atoms with Gasteiger partial charge in [0, 0.05) is 6.54 Å². The van der Waals surface area contributed by atoms with Crippen molar-refractivity contribution in [1.82, 2.24) is 14.7 Å². The monoisotopic (exact) mass is 283 g/mol. The summed E-state index contributed by atoms with van der Waals surface area (Å²) in [6.07, 6.45) is 5.70. The molecule has 1 aromatic heterocycles. The molecular formula is C15H29N3O2. The summed E-state index contributed by atoms with van der Waals surface area (Å²) in [5, 5.41) is 15.2. The van der Waals surface area contributed by atoms with E-state index >= 15 is 0 Å². The van der Waals surface area contributed by atoms with Gasteiger partial charge in [-0.05, 0) is 27.4 Å². The van der Waals surface area contributed by atoms with Gasteiger partial charge in [-0.1, -0.05) is 26.2 Å². The SMILES string of the molecule is CCCCCC(C)(O)c1c(OC)cnn1CCN(C)C. The molecule has 1 heterocycles. The Morgan fingerprint density at radius 1 is 1.40 bits per heavy atom. The molecule has 0 aliphatic heterocycles. The molecule has 1 atom stereocenters. The van der Waals surface area contributed by atoms with E-state index < -0.39 is 5.60 Å². The molecule has 0 fully saturated rings. The van der Waals surface area contributed by atoms with Crippen LogP contribution in [0.3, 0.4) is 0 Å². The fourth-order valence-electron chi connectivity index (χ4n) is 2.36. The summed E-state index contributed by atoms with van der Waals surface area (Å²) < 4.78 is 7.23. The summed E-state index contributed by atoms with van der Waals surface area (Å²) in [5.74, 6) is 0.672. The van der Waals surface area contributed by atoms with Crippen LogP contribution in [0, 0.1) is 0 Å². The molecule has 20 heavy (non-hydrogen) atoms. The molecule has 0 amide bonds. The Hall–Kier alpha value is -1.07. The van der Waals surface area contributed by atoms with Gasteiger partial charge in [0.2, 0.25) is 0 Å². The number of aliphatic hydroxyl groups is 1. The average molecular weight is 283 g/mol. The van der Waals surface area contributed by atoms with Crippen LogP contribution in [0.2, 0.25) is 0 Å². The van der Waals surface area contributed by atoms with Crippen LogP contribution in [0.15, 0.2) is 6.20 Å². The molecule has 0 aromatic carbocycles. The molecule has 0 aliphatic carbocycles. The Balaban J connectivity index is 2.90. The minimum absolute atomic E-state index is 0.672. The topological polar surface area (TPSA) is 50.5 Å². The molecule has 0 saturated carbocycles. The fourth-order valence-corrected chi connectivity index (χ4v) is 2.36. The van der Waals surface area contributed by atoms with E-state index in [1.54, 1.807) is 13.3 Å². The Bertz CT molecular complexity index is 400. The molecule has 1 N–H and O–H groups in total. The zero-order valence-electron chi connectivity index (χ0n) is 13.5. The normalized spacial score (nSPS) is 14.6. The van der Waals surface area contributed by atoms with Crippen molar-refractivity contribution in [1.29, 1.82) is 0 Å². The second kappa shape index (κ2) is 7.64. The number of hydrogen-bond acceptors (Lipinski definition) is 4. The maximum absolute atomic E-state index is 10.8. The molecule has 1 rings (SSSR count). The van der Waals surface area contributed by atoms with Gasteiger partial charge in [-0.15, -0.1) is 0 Å². The van der Waals surface area contributed by atoms with Gasteiger partial charge in [-0.25, -0.2) is 0 Å². The molecule has 5 nitrogen and oxygen atoms in total. The van der Waals surface area contributed by atoms with Crippen molar-refractivity contribution < 1.29 is 9.84 Å². The van der Waals surface area contributed by atoms with Crippen LogP contribution in [0.1, 0.15) is 45.2 Å². The van der Waals surface area contributed by atoms with Crippen molar-refractivity contribution >= 4 is 0 Å². The summed E-state index contributed by atoms with van der Waals surface area (Å²) >= 11 is 0. The van der Waals surface area contributed by atoms with Crippen LogP contribution >= 0.6 is 0 Å². The molecule has 0 saturated heterocycles. The Kier molecular flexibility index (Phi) is 6.49. The van der Waals surface area contributed by atoms with E-state index in [1.165, 1.54) is 0 Å². The first-order chi connectivity index (χ1) is 9.42. The van der Waals surface area contributed by atoms with Gasteiger partial charge in [-0.2, -0.15) is 5.10 Å². The highest BCUT2D eigenvalue weighted by Gasteiger charge is 2.31. The van der Waals surface area contributed by atoms with Crippen LogP contribution in [0.5, 0.6) is 5.75 Å². The first-order valence-corrected chi connectivity index (χ1v) is 7.39. The number of rotatable bonds is 9. The minimum atomic E-state index is -0.899. The van der Waals surface area contributed by atoms with Gasteiger partial charge >= 0.3 is 0 Å². The number of ether oxygens (including phenoxy) is 1. The predicted molar refractivity (Wildman–Crippen MR) is 81.0 cm³/mol. The van der Waals surface area contributed by atoms with Gasteiger partial charge < -0.3 is 14.7 Å². The standard InChI is InChI=1S/C15H29N3O2/c1-6-7-8-9-15(2,19)14-13(20-5)12-16-18(14)11-10-17(3)4/h12,19H,6-11H2,1-5H3. The van der Waals surface area contributed by atoms with E-state index in [4.69, 9.17) is 4.74 Å². The minimum Gasteiger partial charge on any atom is -0.493 e. The highest BCUT2D eigenvalue weighted by Crippen LogP contribution is 2.33. The van der Waals surface area contributed by atoms with Crippen LogP contribution in [0.25, 0.3) is 0 Å². The zero-order chi connectivity index (χ0) is 15.2. The first kappa shape index (κ1) is 17.0. The number of hydrogen-bond donors (Lipinski definition) is 1. The maximum atomic E-state index is 10.8. The van der Waals surface area contributed by atoms with Crippen molar-refractivity contribution in [3.63, 3.8) is 0 Å². The van der Waals surface area contributed by atoms with Crippen molar-refractivity contribution in [2.24, 2.45) is 0 Å². The Morgan fingerprint density at radius 2 is 2.10 bits per heavy atom. The second-order valence-corrected chi connectivity index (χ2v) is 5.82. The lowest BCUT2D eigenvalue weighted by Gasteiger charge is -2.26. The van der Waals surface area contributed by atoms with E-state index in [9.17, 15) is 5.11 Å². The molecule has 1 aromatic rings. The lowest BCUT2D eigenvalue weighted by atomic mass is 9.94. The molecule has 0 aliphatic rings. The maximum Gasteiger partial charge on any atom is 0.162 e. The van der Waals surface area contributed by atoms with Crippen LogP contribution in [-0.4, -0.2) is 47.5 Å². The van der Waals surface area contributed by atoms with E-state index in [0.29, 0.717) is 5.75 Å². The summed E-state index contributed by atoms with van der Waals surface area (Å²) in [7, 11) is 5.68. The highest BCUT2D eigenvalue weighted by atomic mass is 16.5. The van der Waals surface area contributed by atoms with Gasteiger partial charge in [0.25, 0.3) is 0 Å². The van der Waals surface area contributed by atoms with Gasteiger partial charge in [-0.3, -0.25) is 4.68 Å². The van der Waals surface area contributed by atoms with E-state index in [2.05, 4.69) is 16.9 Å². The van der Waals surface area contributed by atoms with E-state index in [-0.39, 0.29) is 0 Å². The quantitative estimate of drug-likeness (QED) is 0.706. The van der Waals surface area contributed by atoms with Crippen LogP contribution in [-0.2, 0) is 12.1 Å². The number of unbranched alkanes of at least 4 members (excludes halogenated alkanes) is 2. The third-order valence-corrected chi connectivity index (χ3v) is 3.56. The summed E-state index contributed by atoms with van der Waals surface area (Å²) in [5.41, 5.74) is -0.110. The fraction of sp³-hybridized carbons (Fsp3) is 0.800. The number of aromatic nitrogens is 2. The van der Waals surface area contributed by atoms with Gasteiger partial charge in [0.05, 0.1) is 19.9 Å². The highest BCUT2D eigenvalue weighted by molar-refractivity contribution is 5.30. The second-order valence-electron chi connectivity index (χ2n) is 5.82. The third-order valence-electron chi connectivity index (χ3n) is 3.56. The molecular weight excluding hydrogens is 254 g/mol. The lowest BCUT2D eigenvalue weighted by molar-refractivity contribution is 0.0328. The van der Waals surface area contributed by atoms with Crippen molar-refractivity contribution in [3.05, 3.63) is 11.9 Å². The Morgan fingerprint density at radius 3 is 2.65 bits per heavy atom. The van der Waals surface area contributed by atoms with E-state index in [0.717, 1.165) is 44.5 Å². The number of methoxy groups -OCH3 is 1. The van der Waals surface area contributed by atoms with Crippen molar-refractivity contribution in [3.8, 4) is 5.75 Å². The number of nitrogens with zero attached hydrogens (tertiary/aromatic N) is 3. The summed E-state index contributed by atoms with van der Waals surface area (Å²) in [6.45, 7) is 5.64. The molecule has 0 bridgehead atoms. The zero-order valence-corrected chi connectivity index (χ0v) is 13.5. The number of likely N-dealkylation sites (N-methyl/N-ethyl adjacent to an activating group) is 1. The summed E-state index contributed by atoms with van der Waals surface area (Å²) in [6, 6.07) is 0. The average Bonchev–Trinajstić information content (AvgIpc) is 2.80. The van der Waals surface area contributed by atoms with Crippen molar-refractivity contribution in [2.45, 2.75) is 51.7 Å². The molecule has 0 spiro atoms. The van der Waals surface area contributed by atoms with E-state index in [1.807, 2.05) is 25.7 Å². The lowest BCUT2D eigenvalue weighted by Crippen LogP contribution is -2.28. The third kappa shape index (κ3) is 4.49. The Labute approximate surface area is 122 Å². The molecule has 0 radical (unpaired) electrons. The van der Waals surface area contributed by atoms with Gasteiger partial charge in [0.15, 0.2) is 5.75 Å². The first-order valence-electron chi connectivity index (χ1n) is 7.39. The smallest absolute Gasteiger partial charge is 0.162 e. The van der Waals surface area contributed by atoms with Crippen LogP contribution < -0.4 is 4.74 Å². The molecule has 1 unspecified atom stereocenters.